The van der Waals surface area contributed by atoms with E-state index in [-0.39, 0.29) is 25.4 Å². The van der Waals surface area contributed by atoms with Crippen LogP contribution in [0.1, 0.15) is 57.8 Å². The van der Waals surface area contributed by atoms with Gasteiger partial charge in [0.15, 0.2) is 17.8 Å². The van der Waals surface area contributed by atoms with Gasteiger partial charge in [0.1, 0.15) is 6.04 Å². The van der Waals surface area contributed by atoms with Crippen LogP contribution in [-0.2, 0) is 51.5 Å². The number of esters is 1. The number of benzene rings is 5. The quantitative estimate of drug-likeness (QED) is 0.102. The van der Waals surface area contributed by atoms with Crippen LogP contribution in [0.5, 0.6) is 11.5 Å². The molecule has 0 radical (unpaired) electrons. The molecule has 5 aromatic rings. The minimum absolute atomic E-state index is 0.0172. The predicted molar refractivity (Wildman–Crippen MR) is 220 cm³/mol. The van der Waals surface area contributed by atoms with Gasteiger partial charge in [0.25, 0.3) is 0 Å². The summed E-state index contributed by atoms with van der Waals surface area (Å²) in [4.78, 5) is 28.0. The van der Waals surface area contributed by atoms with Crippen LogP contribution in [0.4, 0.5) is 4.79 Å². The third-order valence-electron chi connectivity index (χ3n) is 10.9. The molecule has 302 valence electrons. The number of nitrogens with zero attached hydrogens (tertiary/aromatic N) is 1. The van der Waals surface area contributed by atoms with Crippen molar-refractivity contribution < 1.29 is 38.4 Å². The van der Waals surface area contributed by atoms with Gasteiger partial charge in [-0.1, -0.05) is 103 Å². The van der Waals surface area contributed by atoms with Gasteiger partial charge in [-0.25, -0.2) is 9.59 Å². The average molecular weight is 786 g/mol. The highest BCUT2D eigenvalue weighted by Crippen LogP contribution is 2.40. The number of aliphatic hydroxyl groups excluding tert-OH is 1. The molecule has 5 aromatic carbocycles. The molecule has 11 nitrogen and oxygen atoms in total. The maximum atomic E-state index is 13.0. The van der Waals surface area contributed by atoms with Crippen LogP contribution in [0.15, 0.2) is 115 Å². The number of aliphatic hydroxyl groups is 1. The summed E-state index contributed by atoms with van der Waals surface area (Å²) >= 11 is 0. The van der Waals surface area contributed by atoms with Crippen molar-refractivity contribution in [3.8, 4) is 22.6 Å². The number of nitrogens with one attached hydrogen (secondary N) is 2. The number of urea groups is 1. The van der Waals surface area contributed by atoms with Gasteiger partial charge in [0.05, 0.1) is 40.1 Å². The van der Waals surface area contributed by atoms with Crippen LogP contribution in [0, 0.1) is 0 Å². The van der Waals surface area contributed by atoms with E-state index < -0.39 is 24.3 Å². The SMILES string of the molecule is COC(=O)[C@H](Cc1ccccc1)NC(=O)NCc1ccccc1-c1ccc([C@@H]2O[C@H](CN3CCc4cc(OC)c(OC)cc4C3)C[C@H](c3ccc(CO)cc3)O2)cc1. The van der Waals surface area contributed by atoms with Crippen LogP contribution in [0.2, 0.25) is 0 Å². The maximum Gasteiger partial charge on any atom is 0.328 e. The van der Waals surface area contributed by atoms with Crippen LogP contribution in [0.25, 0.3) is 11.1 Å². The first kappa shape index (κ1) is 40.5. The number of amides is 2. The molecule has 1 saturated heterocycles. The molecule has 0 bridgehead atoms. The summed E-state index contributed by atoms with van der Waals surface area (Å²) in [5.41, 5.74) is 9.05. The molecule has 7 rings (SSSR count). The van der Waals surface area contributed by atoms with E-state index >= 15 is 0 Å². The molecule has 2 aliphatic rings. The minimum Gasteiger partial charge on any atom is -0.493 e. The van der Waals surface area contributed by atoms with E-state index in [1.807, 2.05) is 103 Å². The Morgan fingerprint density at radius 1 is 0.810 bits per heavy atom. The Morgan fingerprint density at radius 2 is 1.50 bits per heavy atom. The van der Waals surface area contributed by atoms with Crippen LogP contribution >= 0.6 is 0 Å². The molecule has 0 aliphatic carbocycles. The zero-order valence-electron chi connectivity index (χ0n) is 33.2. The molecule has 2 amide bonds. The summed E-state index contributed by atoms with van der Waals surface area (Å²) in [6.07, 6.45) is 0.988. The summed E-state index contributed by atoms with van der Waals surface area (Å²) in [6, 6.07) is 36.4. The highest BCUT2D eigenvalue weighted by Gasteiger charge is 2.34. The number of hydrogen-bond donors (Lipinski definition) is 3. The van der Waals surface area contributed by atoms with Crippen molar-refractivity contribution in [2.75, 3.05) is 34.4 Å². The number of carbonyl (C=O) groups excluding carboxylic acids is 2. The molecule has 0 unspecified atom stereocenters. The lowest BCUT2D eigenvalue weighted by Crippen LogP contribution is -2.47. The van der Waals surface area contributed by atoms with Crippen molar-refractivity contribution in [1.82, 2.24) is 15.5 Å². The van der Waals surface area contributed by atoms with E-state index in [9.17, 15) is 14.7 Å². The Labute approximate surface area is 339 Å². The van der Waals surface area contributed by atoms with Crippen LogP contribution in [0.3, 0.4) is 0 Å². The fourth-order valence-corrected chi connectivity index (χ4v) is 7.76. The number of fused-ring (bicyclic) bond motifs is 1. The van der Waals surface area contributed by atoms with Crippen molar-refractivity contribution in [3.63, 3.8) is 0 Å². The normalized spacial score (nSPS) is 18.4. The van der Waals surface area contributed by atoms with Crippen LogP contribution in [-0.4, -0.2) is 68.6 Å². The number of methoxy groups -OCH3 is 3. The molecule has 2 aliphatic heterocycles. The predicted octanol–water partition coefficient (Wildman–Crippen LogP) is 7.05. The highest BCUT2D eigenvalue weighted by atomic mass is 16.7. The van der Waals surface area contributed by atoms with Crippen LogP contribution < -0.4 is 20.1 Å². The van der Waals surface area contributed by atoms with Gasteiger partial charge >= 0.3 is 12.0 Å². The second-order valence-corrected chi connectivity index (χ2v) is 14.7. The summed E-state index contributed by atoms with van der Waals surface area (Å²) in [7, 11) is 4.64. The molecular weight excluding hydrogens is 735 g/mol. The van der Waals surface area contributed by atoms with Crippen molar-refractivity contribution in [3.05, 3.63) is 154 Å². The Balaban J connectivity index is 1.04. The van der Waals surface area contributed by atoms with Crippen molar-refractivity contribution >= 4 is 12.0 Å². The smallest absolute Gasteiger partial charge is 0.328 e. The lowest BCUT2D eigenvalue weighted by molar-refractivity contribution is -0.253. The molecule has 0 spiro atoms. The summed E-state index contributed by atoms with van der Waals surface area (Å²) in [5.74, 6) is 0.967. The molecule has 1 fully saturated rings. The first-order valence-electron chi connectivity index (χ1n) is 19.6. The fourth-order valence-electron chi connectivity index (χ4n) is 7.76. The number of carbonyl (C=O) groups is 2. The van der Waals surface area contributed by atoms with Gasteiger partial charge in [0.2, 0.25) is 0 Å². The Kier molecular flexibility index (Phi) is 13.4. The van der Waals surface area contributed by atoms with Gasteiger partial charge < -0.3 is 39.4 Å². The first-order valence-corrected chi connectivity index (χ1v) is 19.6. The second kappa shape index (κ2) is 19.1. The zero-order valence-corrected chi connectivity index (χ0v) is 33.2. The molecular formula is C47H51N3O8. The monoisotopic (exact) mass is 785 g/mol. The molecule has 2 heterocycles. The van der Waals surface area contributed by atoms with E-state index in [1.54, 1.807) is 14.2 Å². The highest BCUT2D eigenvalue weighted by molar-refractivity contribution is 5.84. The summed E-state index contributed by atoms with van der Waals surface area (Å²) in [6.45, 7) is 2.64. The minimum atomic E-state index is -0.830. The Bertz CT molecular complexity index is 2140. The summed E-state index contributed by atoms with van der Waals surface area (Å²) in [5, 5.41) is 15.4. The lowest BCUT2D eigenvalue weighted by atomic mass is 9.96. The third-order valence-corrected chi connectivity index (χ3v) is 10.9. The second-order valence-electron chi connectivity index (χ2n) is 14.7. The number of hydrogen-bond acceptors (Lipinski definition) is 9. The zero-order chi connectivity index (χ0) is 40.4. The van der Waals surface area contributed by atoms with Gasteiger partial charge in [-0.2, -0.15) is 0 Å². The fraction of sp³-hybridized carbons (Fsp3) is 0.319. The van der Waals surface area contributed by atoms with Crippen molar-refractivity contribution in [1.29, 1.82) is 0 Å². The summed E-state index contributed by atoms with van der Waals surface area (Å²) < 4.78 is 29.5. The van der Waals surface area contributed by atoms with Gasteiger partial charge in [0, 0.05) is 44.6 Å². The lowest BCUT2D eigenvalue weighted by Gasteiger charge is -2.39. The molecule has 4 atom stereocenters. The average Bonchev–Trinajstić information content (AvgIpc) is 3.27. The van der Waals surface area contributed by atoms with E-state index in [0.717, 1.165) is 76.5 Å². The van der Waals surface area contributed by atoms with Crippen molar-refractivity contribution in [2.24, 2.45) is 0 Å². The van der Waals surface area contributed by atoms with E-state index in [1.165, 1.54) is 18.2 Å². The van der Waals surface area contributed by atoms with E-state index in [0.29, 0.717) is 12.8 Å². The van der Waals surface area contributed by atoms with Crippen molar-refractivity contribution in [2.45, 2.75) is 63.5 Å². The molecule has 3 N–H and O–H groups in total. The number of rotatable bonds is 14. The molecule has 0 aromatic heterocycles. The van der Waals surface area contributed by atoms with Gasteiger partial charge in [-0.3, -0.25) is 4.90 Å². The third kappa shape index (κ3) is 9.86. The molecule has 11 heteroatoms. The topological polar surface area (TPSA) is 128 Å². The maximum absolute atomic E-state index is 13.0. The van der Waals surface area contributed by atoms with Gasteiger partial charge in [-0.15, -0.1) is 0 Å². The molecule has 0 saturated carbocycles. The largest absolute Gasteiger partial charge is 0.493 e. The van der Waals surface area contributed by atoms with E-state index in [2.05, 4.69) is 27.7 Å². The first-order chi connectivity index (χ1) is 28.3. The standard InChI is InChI=1S/C47H51N3O8/c1-54-43-24-36-21-22-50(28-38(36)25-44(43)55-2)29-39-26-42(34-15-13-32(30-51)14-16-34)58-46(57-39)35-19-17-33(18-20-35)40-12-8-7-11-37(40)27-48-47(53)49-41(45(52)56-3)23-31-9-5-4-6-10-31/h4-20,24-25,39,41-42,46,51H,21-23,26-30H2,1-3H3,(H2,48,49,53)/t39-,41-,42+,46+/m0/s1. The Hall–Kier alpha value is -5.72. The van der Waals surface area contributed by atoms with Gasteiger partial charge in [-0.05, 0) is 63.1 Å². The Morgan fingerprint density at radius 3 is 2.21 bits per heavy atom. The molecule has 58 heavy (non-hydrogen) atoms. The number of ether oxygens (including phenoxy) is 5. The van der Waals surface area contributed by atoms with E-state index in [4.69, 9.17) is 23.7 Å².